The Hall–Kier alpha value is -2.48. The topological polar surface area (TPSA) is 64.1 Å². The Balaban J connectivity index is 1.57. The number of carbonyl (C=O) groups is 1. The van der Waals surface area contributed by atoms with Crippen LogP contribution in [0.5, 0.6) is 0 Å². The van der Waals surface area contributed by atoms with Crippen LogP contribution < -0.4 is 4.90 Å². The second kappa shape index (κ2) is 11.9. The quantitative estimate of drug-likeness (QED) is 0.407. The molecule has 0 spiro atoms. The van der Waals surface area contributed by atoms with Crippen LogP contribution in [0.2, 0.25) is 0 Å². The normalized spacial score (nSPS) is 14.9. The molecule has 2 heterocycles. The lowest BCUT2D eigenvalue weighted by atomic mass is 10.1. The van der Waals surface area contributed by atoms with Gasteiger partial charge in [0.25, 0.3) is 0 Å². The summed E-state index contributed by atoms with van der Waals surface area (Å²) in [5.74, 6) is 0.392. The lowest BCUT2D eigenvalue weighted by Crippen LogP contribution is -2.46. The van der Waals surface area contributed by atoms with Crippen molar-refractivity contribution in [2.75, 3.05) is 44.3 Å². The zero-order valence-electron chi connectivity index (χ0n) is 19.6. The number of esters is 1. The molecule has 7 nitrogen and oxygen atoms in total. The smallest absolute Gasteiger partial charge is 0.342 e. The first-order valence-corrected chi connectivity index (χ1v) is 11.5. The Morgan fingerprint density at radius 2 is 1.66 bits per heavy atom. The summed E-state index contributed by atoms with van der Waals surface area (Å²) < 4.78 is 16.8. The summed E-state index contributed by atoms with van der Waals surface area (Å²) in [4.78, 5) is 21.5. The van der Waals surface area contributed by atoms with Gasteiger partial charge in [0.05, 0.1) is 6.10 Å². The van der Waals surface area contributed by atoms with Crippen molar-refractivity contribution < 1.29 is 19.0 Å². The molecule has 1 fully saturated rings. The zero-order valence-corrected chi connectivity index (χ0v) is 19.6. The van der Waals surface area contributed by atoms with Crippen LogP contribution in [0.15, 0.2) is 42.6 Å². The van der Waals surface area contributed by atoms with E-state index < -0.39 is 0 Å². The molecule has 1 aromatic carbocycles. The molecule has 1 aliphatic heterocycles. The van der Waals surface area contributed by atoms with Gasteiger partial charge < -0.3 is 19.1 Å². The summed E-state index contributed by atoms with van der Waals surface area (Å²) in [7, 11) is 0. The number of ether oxygens (including phenoxy) is 3. The largest absolute Gasteiger partial charge is 0.459 e. The second-order valence-electron chi connectivity index (χ2n) is 8.08. The van der Waals surface area contributed by atoms with Crippen molar-refractivity contribution >= 4 is 11.8 Å². The van der Waals surface area contributed by atoms with Crippen LogP contribution >= 0.6 is 0 Å². The summed E-state index contributed by atoms with van der Waals surface area (Å²) >= 11 is 0. The fourth-order valence-electron chi connectivity index (χ4n) is 3.79. The number of hydrogen-bond acceptors (Lipinski definition) is 7. The number of hydrogen-bond donors (Lipinski definition) is 0. The Bertz CT molecular complexity index is 843. The van der Waals surface area contributed by atoms with Crippen molar-refractivity contribution in [2.45, 2.75) is 46.6 Å². The first-order valence-electron chi connectivity index (χ1n) is 11.5. The number of rotatable bonds is 10. The Kier molecular flexibility index (Phi) is 9.02. The van der Waals surface area contributed by atoms with Crippen molar-refractivity contribution in [3.63, 3.8) is 0 Å². The van der Waals surface area contributed by atoms with Crippen molar-refractivity contribution in [2.24, 2.45) is 0 Å². The molecule has 1 aliphatic rings. The molecule has 0 radical (unpaired) electrons. The first-order chi connectivity index (χ1) is 15.5. The van der Waals surface area contributed by atoms with Crippen LogP contribution in [0.3, 0.4) is 0 Å². The van der Waals surface area contributed by atoms with Gasteiger partial charge in [0.2, 0.25) is 0 Å². The van der Waals surface area contributed by atoms with Crippen LogP contribution in [0.25, 0.3) is 0 Å². The van der Waals surface area contributed by atoms with E-state index in [-0.39, 0.29) is 18.4 Å². The van der Waals surface area contributed by atoms with E-state index in [1.165, 1.54) is 5.56 Å². The number of piperazine rings is 1. The third-order valence-electron chi connectivity index (χ3n) is 5.32. The van der Waals surface area contributed by atoms with Gasteiger partial charge in [-0.3, -0.25) is 4.90 Å². The zero-order chi connectivity index (χ0) is 22.9. The minimum absolute atomic E-state index is 0.156. The molecule has 0 atom stereocenters. The van der Waals surface area contributed by atoms with E-state index >= 15 is 0 Å². The molecule has 174 valence electrons. The van der Waals surface area contributed by atoms with E-state index in [0.29, 0.717) is 24.6 Å². The van der Waals surface area contributed by atoms with Crippen molar-refractivity contribution in [3.8, 4) is 0 Å². The van der Waals surface area contributed by atoms with Crippen LogP contribution in [-0.2, 0) is 20.8 Å². The SMILES string of the molecule is CCOC(OCC)c1ccc(CN2CCN(c3ncccc3C(=O)OC(C)C)CC2)cc1. The maximum atomic E-state index is 12.5. The maximum absolute atomic E-state index is 12.5. The molecule has 0 N–H and O–H groups in total. The fraction of sp³-hybridized carbons (Fsp3) is 0.520. The van der Waals surface area contributed by atoms with Crippen LogP contribution in [0, 0.1) is 0 Å². The monoisotopic (exact) mass is 441 g/mol. The average molecular weight is 442 g/mol. The van der Waals surface area contributed by atoms with E-state index in [1.54, 1.807) is 18.3 Å². The highest BCUT2D eigenvalue weighted by Gasteiger charge is 2.24. The number of benzene rings is 1. The van der Waals surface area contributed by atoms with E-state index in [9.17, 15) is 4.79 Å². The average Bonchev–Trinajstić information content (AvgIpc) is 2.79. The highest BCUT2D eigenvalue weighted by Crippen LogP contribution is 2.22. The van der Waals surface area contributed by atoms with Crippen molar-refractivity contribution in [3.05, 3.63) is 59.3 Å². The minimum atomic E-state index is -0.317. The Labute approximate surface area is 191 Å². The van der Waals surface area contributed by atoms with E-state index in [1.807, 2.05) is 27.7 Å². The summed E-state index contributed by atoms with van der Waals surface area (Å²) in [6.45, 7) is 13.2. The predicted molar refractivity (Wildman–Crippen MR) is 125 cm³/mol. The number of pyridine rings is 1. The standard InChI is InChI=1S/C25H35N3O4/c1-5-30-25(31-6-2)21-11-9-20(10-12-21)18-27-14-16-28(17-15-27)23-22(8-7-13-26-23)24(29)32-19(3)4/h7-13,19,25H,5-6,14-18H2,1-4H3. The third-order valence-corrected chi connectivity index (χ3v) is 5.32. The molecular weight excluding hydrogens is 406 g/mol. The molecular formula is C25H35N3O4. The molecule has 2 aromatic rings. The van der Waals surface area contributed by atoms with Gasteiger partial charge in [-0.25, -0.2) is 9.78 Å². The van der Waals surface area contributed by atoms with Crippen molar-refractivity contribution in [1.82, 2.24) is 9.88 Å². The van der Waals surface area contributed by atoms with E-state index in [0.717, 1.165) is 38.3 Å². The van der Waals surface area contributed by atoms with Gasteiger partial charge in [-0.2, -0.15) is 0 Å². The predicted octanol–water partition coefficient (Wildman–Crippen LogP) is 4.04. The number of nitrogens with zero attached hydrogens (tertiary/aromatic N) is 3. The van der Waals surface area contributed by atoms with Crippen LogP contribution in [-0.4, -0.2) is 61.3 Å². The Morgan fingerprint density at radius 1 is 1.00 bits per heavy atom. The molecule has 0 bridgehead atoms. The molecule has 0 aliphatic carbocycles. The summed E-state index contributed by atoms with van der Waals surface area (Å²) in [5.41, 5.74) is 2.83. The van der Waals surface area contributed by atoms with Crippen LogP contribution in [0.1, 0.15) is 55.5 Å². The fourth-order valence-corrected chi connectivity index (χ4v) is 3.79. The lowest BCUT2D eigenvalue weighted by molar-refractivity contribution is -0.140. The minimum Gasteiger partial charge on any atom is -0.459 e. The lowest BCUT2D eigenvalue weighted by Gasteiger charge is -2.36. The molecule has 0 unspecified atom stereocenters. The molecule has 0 amide bonds. The van der Waals surface area contributed by atoms with Gasteiger partial charge in [-0.05, 0) is 45.4 Å². The van der Waals surface area contributed by atoms with Crippen LogP contribution in [0.4, 0.5) is 5.82 Å². The molecule has 32 heavy (non-hydrogen) atoms. The summed E-state index contributed by atoms with van der Waals surface area (Å²) in [6.07, 6.45) is 1.27. The van der Waals surface area contributed by atoms with Gasteiger partial charge in [0.15, 0.2) is 6.29 Å². The van der Waals surface area contributed by atoms with Gasteiger partial charge >= 0.3 is 5.97 Å². The molecule has 1 saturated heterocycles. The summed E-state index contributed by atoms with van der Waals surface area (Å²) in [6, 6.07) is 12.0. The third kappa shape index (κ3) is 6.51. The first kappa shape index (κ1) is 24.2. The molecule has 0 saturated carbocycles. The Morgan fingerprint density at radius 3 is 2.25 bits per heavy atom. The van der Waals surface area contributed by atoms with Gasteiger partial charge in [-0.15, -0.1) is 0 Å². The van der Waals surface area contributed by atoms with Gasteiger partial charge in [0.1, 0.15) is 11.4 Å². The number of carbonyl (C=O) groups excluding carboxylic acids is 1. The number of anilines is 1. The highest BCUT2D eigenvalue weighted by molar-refractivity contribution is 5.94. The molecule has 7 heteroatoms. The summed E-state index contributed by atoms with van der Waals surface area (Å²) in [5, 5.41) is 0. The molecule has 1 aromatic heterocycles. The van der Waals surface area contributed by atoms with Gasteiger partial charge in [-0.1, -0.05) is 24.3 Å². The van der Waals surface area contributed by atoms with E-state index in [2.05, 4.69) is 39.0 Å². The maximum Gasteiger partial charge on any atom is 0.342 e. The van der Waals surface area contributed by atoms with E-state index in [4.69, 9.17) is 14.2 Å². The highest BCUT2D eigenvalue weighted by atomic mass is 16.7. The number of aromatic nitrogens is 1. The van der Waals surface area contributed by atoms with Gasteiger partial charge in [0, 0.05) is 57.7 Å². The van der Waals surface area contributed by atoms with Crippen molar-refractivity contribution in [1.29, 1.82) is 0 Å². The second-order valence-corrected chi connectivity index (χ2v) is 8.08. The molecule has 3 rings (SSSR count).